The summed E-state index contributed by atoms with van der Waals surface area (Å²) in [6.45, 7) is 10.8. The first-order valence-corrected chi connectivity index (χ1v) is 8.95. The number of nitrogens with zero attached hydrogens (tertiary/aromatic N) is 2. The van der Waals surface area contributed by atoms with Crippen LogP contribution in [0.2, 0.25) is 0 Å². The highest BCUT2D eigenvalue weighted by Crippen LogP contribution is 2.54. The molecule has 1 amide bonds. The van der Waals surface area contributed by atoms with Crippen molar-refractivity contribution in [3.8, 4) is 0 Å². The molecule has 0 unspecified atom stereocenters. The number of fused-ring (bicyclic) bond motifs is 3. The van der Waals surface area contributed by atoms with Crippen LogP contribution in [0.4, 0.5) is 0 Å². The van der Waals surface area contributed by atoms with Gasteiger partial charge < -0.3 is 28.4 Å². The number of rotatable bonds is 1. The second-order valence-corrected chi connectivity index (χ2v) is 7.93. The van der Waals surface area contributed by atoms with E-state index in [0.29, 0.717) is 12.3 Å². The van der Waals surface area contributed by atoms with E-state index in [1.807, 2.05) is 20.8 Å². The fraction of sp³-hybridized carbons (Fsp3) is 0.882. The maximum Gasteiger partial charge on any atom is 0.291 e. The molecule has 4 heterocycles. The number of carbonyl (C=O) groups excluding carboxylic acids is 1. The standard InChI is InChI=1S/C17H26N2O7/c1-7-12-18-19(10(2)20)17(24-12)13-11(23-15(5,6)25-13)8-21-16(17)9-22-14(3,4)26-16/h11,13H,7-9H2,1-6H3/t11-,13-,16+,17+/m1/s1. The highest BCUT2D eigenvalue weighted by Gasteiger charge is 2.78. The monoisotopic (exact) mass is 370 g/mol. The first-order valence-electron chi connectivity index (χ1n) is 8.95. The Balaban J connectivity index is 1.86. The summed E-state index contributed by atoms with van der Waals surface area (Å²) in [4.78, 5) is 12.5. The zero-order valence-corrected chi connectivity index (χ0v) is 16.0. The molecule has 4 aliphatic rings. The van der Waals surface area contributed by atoms with E-state index in [1.165, 1.54) is 11.9 Å². The highest BCUT2D eigenvalue weighted by molar-refractivity contribution is 5.83. The minimum atomic E-state index is -1.46. The molecule has 9 nitrogen and oxygen atoms in total. The van der Waals surface area contributed by atoms with Crippen molar-refractivity contribution in [1.82, 2.24) is 5.01 Å². The average Bonchev–Trinajstić information content (AvgIpc) is 3.16. The van der Waals surface area contributed by atoms with Crippen LogP contribution in [0.5, 0.6) is 0 Å². The number of hydrogen-bond acceptors (Lipinski definition) is 8. The molecular weight excluding hydrogens is 344 g/mol. The Kier molecular flexibility index (Phi) is 3.75. The zero-order chi connectivity index (χ0) is 19.0. The molecule has 4 aliphatic heterocycles. The van der Waals surface area contributed by atoms with Crippen molar-refractivity contribution in [3.63, 3.8) is 0 Å². The van der Waals surface area contributed by atoms with Gasteiger partial charge in [0.05, 0.1) is 6.61 Å². The van der Waals surface area contributed by atoms with Gasteiger partial charge in [0.2, 0.25) is 11.8 Å². The lowest BCUT2D eigenvalue weighted by molar-refractivity contribution is -0.386. The Hall–Kier alpha value is -1.26. The Morgan fingerprint density at radius 2 is 1.92 bits per heavy atom. The van der Waals surface area contributed by atoms with E-state index >= 15 is 0 Å². The van der Waals surface area contributed by atoms with Gasteiger partial charge in [-0.2, -0.15) is 5.01 Å². The summed E-state index contributed by atoms with van der Waals surface area (Å²) in [6, 6.07) is 0. The van der Waals surface area contributed by atoms with Crippen LogP contribution in [0.1, 0.15) is 48.0 Å². The number of hydrazone groups is 1. The third-order valence-electron chi connectivity index (χ3n) is 5.02. The van der Waals surface area contributed by atoms with Gasteiger partial charge in [-0.1, -0.05) is 6.92 Å². The van der Waals surface area contributed by atoms with Crippen molar-refractivity contribution < 1.29 is 33.2 Å². The summed E-state index contributed by atoms with van der Waals surface area (Å²) < 4.78 is 36.6. The van der Waals surface area contributed by atoms with Crippen molar-refractivity contribution in [2.24, 2.45) is 5.10 Å². The zero-order valence-electron chi connectivity index (χ0n) is 16.0. The molecule has 0 saturated carbocycles. The molecule has 0 aromatic rings. The van der Waals surface area contributed by atoms with Gasteiger partial charge in [-0.15, -0.1) is 5.10 Å². The lowest BCUT2D eigenvalue weighted by Gasteiger charge is -2.52. The normalized spacial score (nSPS) is 42.8. The topological polar surface area (TPSA) is 88.1 Å². The van der Waals surface area contributed by atoms with Gasteiger partial charge in [-0.25, -0.2) is 0 Å². The van der Waals surface area contributed by atoms with E-state index in [-0.39, 0.29) is 19.1 Å². The summed E-state index contributed by atoms with van der Waals surface area (Å²) in [5, 5.41) is 5.66. The van der Waals surface area contributed by atoms with Crippen molar-refractivity contribution >= 4 is 11.8 Å². The van der Waals surface area contributed by atoms with Crippen LogP contribution >= 0.6 is 0 Å². The summed E-state index contributed by atoms with van der Waals surface area (Å²) in [5.74, 6) is -3.04. The minimum Gasteiger partial charge on any atom is -0.442 e. The van der Waals surface area contributed by atoms with Crippen LogP contribution in [-0.2, 0) is 33.2 Å². The van der Waals surface area contributed by atoms with Crippen LogP contribution in [0, 0.1) is 0 Å². The van der Waals surface area contributed by atoms with Gasteiger partial charge in [-0.3, -0.25) is 4.79 Å². The highest BCUT2D eigenvalue weighted by atomic mass is 16.9. The Morgan fingerprint density at radius 3 is 2.50 bits per heavy atom. The largest absolute Gasteiger partial charge is 0.442 e. The van der Waals surface area contributed by atoms with Gasteiger partial charge >= 0.3 is 0 Å². The van der Waals surface area contributed by atoms with E-state index in [0.717, 1.165) is 0 Å². The summed E-state index contributed by atoms with van der Waals surface area (Å²) >= 11 is 0. The van der Waals surface area contributed by atoms with E-state index in [2.05, 4.69) is 5.10 Å². The Morgan fingerprint density at radius 1 is 1.19 bits per heavy atom. The minimum absolute atomic E-state index is 0.0727. The number of ether oxygens (including phenoxy) is 6. The Bertz CT molecular complexity index is 661. The molecule has 0 aliphatic carbocycles. The smallest absolute Gasteiger partial charge is 0.291 e. The molecule has 0 bridgehead atoms. The molecule has 4 rings (SSSR count). The molecule has 4 atom stereocenters. The Labute approximate surface area is 152 Å². The average molecular weight is 370 g/mol. The quantitative estimate of drug-likeness (QED) is 0.688. The van der Waals surface area contributed by atoms with Crippen LogP contribution < -0.4 is 0 Å². The maximum atomic E-state index is 12.5. The van der Waals surface area contributed by atoms with Crippen molar-refractivity contribution in [3.05, 3.63) is 0 Å². The predicted molar refractivity (Wildman–Crippen MR) is 87.7 cm³/mol. The van der Waals surface area contributed by atoms with E-state index in [9.17, 15) is 4.79 Å². The van der Waals surface area contributed by atoms with Gasteiger partial charge in [0.25, 0.3) is 11.5 Å². The number of amides is 1. The second-order valence-electron chi connectivity index (χ2n) is 7.93. The third kappa shape index (κ3) is 2.34. The van der Waals surface area contributed by atoms with Gasteiger partial charge in [0, 0.05) is 13.3 Å². The van der Waals surface area contributed by atoms with E-state index in [4.69, 9.17) is 28.4 Å². The molecule has 0 aromatic carbocycles. The molecule has 9 heteroatoms. The number of hydrogen-bond donors (Lipinski definition) is 0. The summed E-state index contributed by atoms with van der Waals surface area (Å²) in [6.07, 6.45) is -0.579. The van der Waals surface area contributed by atoms with Crippen LogP contribution in [0.15, 0.2) is 5.10 Å². The van der Waals surface area contributed by atoms with Crippen LogP contribution in [0.25, 0.3) is 0 Å². The number of carbonyl (C=O) groups is 1. The summed E-state index contributed by atoms with van der Waals surface area (Å²) in [7, 11) is 0. The molecule has 26 heavy (non-hydrogen) atoms. The van der Waals surface area contributed by atoms with Crippen LogP contribution in [0.3, 0.4) is 0 Å². The molecule has 146 valence electrons. The SMILES string of the molecule is CCC1=NN(C(C)=O)[C@]2(O1)[C@@H]1OC(C)(C)O[C@@H]1CO[C@]21COC(C)(C)O1. The lowest BCUT2D eigenvalue weighted by Crippen LogP contribution is -2.76. The molecule has 0 radical (unpaired) electrons. The molecule has 3 fully saturated rings. The van der Waals surface area contributed by atoms with Crippen molar-refractivity contribution in [2.45, 2.75) is 83.3 Å². The first-order chi connectivity index (χ1) is 12.0. The van der Waals surface area contributed by atoms with Gasteiger partial charge in [0.15, 0.2) is 17.7 Å². The van der Waals surface area contributed by atoms with E-state index in [1.54, 1.807) is 13.8 Å². The van der Waals surface area contributed by atoms with Crippen molar-refractivity contribution in [1.29, 1.82) is 0 Å². The third-order valence-corrected chi connectivity index (χ3v) is 5.02. The predicted octanol–water partition coefficient (Wildman–Crippen LogP) is 1.31. The molecular formula is C17H26N2O7. The first kappa shape index (κ1) is 18.1. The fourth-order valence-corrected chi connectivity index (χ4v) is 4.09. The molecule has 0 aromatic heterocycles. The maximum absolute atomic E-state index is 12.5. The van der Waals surface area contributed by atoms with Gasteiger partial charge in [-0.05, 0) is 27.7 Å². The molecule has 3 saturated heterocycles. The molecule has 2 spiro atoms. The van der Waals surface area contributed by atoms with Crippen molar-refractivity contribution in [2.75, 3.05) is 13.2 Å². The fourth-order valence-electron chi connectivity index (χ4n) is 4.09. The second kappa shape index (κ2) is 5.39. The molecule has 0 N–H and O–H groups in total. The summed E-state index contributed by atoms with van der Waals surface area (Å²) in [5.41, 5.74) is -1.46. The lowest BCUT2D eigenvalue weighted by atomic mass is 9.88. The van der Waals surface area contributed by atoms with E-state index < -0.39 is 35.3 Å². The van der Waals surface area contributed by atoms with Gasteiger partial charge in [0.1, 0.15) is 12.7 Å². The van der Waals surface area contributed by atoms with Crippen LogP contribution in [-0.4, -0.2) is 65.3 Å².